The summed E-state index contributed by atoms with van der Waals surface area (Å²) in [7, 11) is 3.30. The van der Waals surface area contributed by atoms with Gasteiger partial charge in [0.1, 0.15) is 0 Å². The lowest BCUT2D eigenvalue weighted by atomic mass is 9.85. The van der Waals surface area contributed by atoms with Gasteiger partial charge in [-0.25, -0.2) is 0 Å². The zero-order chi connectivity index (χ0) is 18.8. The van der Waals surface area contributed by atoms with Crippen LogP contribution in [0.15, 0.2) is 36.4 Å². The number of hydrogen-bond acceptors (Lipinski definition) is 3. The molecule has 0 bridgehead atoms. The summed E-state index contributed by atoms with van der Waals surface area (Å²) in [4.78, 5) is 15.3. The summed E-state index contributed by atoms with van der Waals surface area (Å²) in [6.45, 7) is 7.02. The maximum absolute atomic E-state index is 13.3. The second-order valence-electron chi connectivity index (χ2n) is 7.16. The van der Waals surface area contributed by atoms with E-state index in [-0.39, 0.29) is 11.9 Å². The number of rotatable bonds is 4. The van der Waals surface area contributed by atoms with Crippen LogP contribution < -0.4 is 9.47 Å². The molecular weight excluding hydrogens is 326 g/mol. The van der Waals surface area contributed by atoms with Crippen molar-refractivity contribution in [3.05, 3.63) is 58.7 Å². The van der Waals surface area contributed by atoms with Gasteiger partial charge in [-0.05, 0) is 54.2 Å². The highest BCUT2D eigenvalue weighted by Crippen LogP contribution is 2.41. The molecule has 26 heavy (non-hydrogen) atoms. The average molecular weight is 353 g/mol. The lowest BCUT2D eigenvalue weighted by Crippen LogP contribution is -2.42. The average Bonchev–Trinajstić information content (AvgIpc) is 2.65. The SMILES string of the molecule is COc1cc2c(cc1OC)C(C(C)C)N(C(=O)c1ccccc1C)CC2. The summed E-state index contributed by atoms with van der Waals surface area (Å²) in [5.41, 5.74) is 4.18. The second kappa shape index (κ2) is 7.40. The second-order valence-corrected chi connectivity index (χ2v) is 7.16. The first kappa shape index (κ1) is 18.3. The molecule has 2 aromatic carbocycles. The highest BCUT2D eigenvalue weighted by molar-refractivity contribution is 5.96. The minimum atomic E-state index is 0.0191. The number of nitrogens with zero attached hydrogens (tertiary/aromatic N) is 1. The van der Waals surface area contributed by atoms with E-state index in [0.29, 0.717) is 18.2 Å². The van der Waals surface area contributed by atoms with Crippen LogP contribution in [0, 0.1) is 12.8 Å². The molecule has 0 radical (unpaired) electrons. The van der Waals surface area contributed by atoms with Crippen LogP contribution in [0.5, 0.6) is 11.5 Å². The fourth-order valence-electron chi connectivity index (χ4n) is 3.89. The lowest BCUT2D eigenvalue weighted by Gasteiger charge is -2.40. The predicted octanol–water partition coefficient (Wildman–Crippen LogP) is 4.41. The minimum Gasteiger partial charge on any atom is -0.493 e. The van der Waals surface area contributed by atoms with Gasteiger partial charge in [0.25, 0.3) is 5.91 Å². The molecule has 3 rings (SSSR count). The van der Waals surface area contributed by atoms with Gasteiger partial charge in [-0.15, -0.1) is 0 Å². The Labute approximate surface area is 155 Å². The summed E-state index contributed by atoms with van der Waals surface area (Å²) < 4.78 is 11.0. The number of ether oxygens (including phenoxy) is 2. The van der Waals surface area contributed by atoms with Gasteiger partial charge < -0.3 is 14.4 Å². The topological polar surface area (TPSA) is 38.8 Å². The molecule has 1 aliphatic rings. The van der Waals surface area contributed by atoms with Gasteiger partial charge in [0.05, 0.1) is 20.3 Å². The third kappa shape index (κ3) is 3.16. The van der Waals surface area contributed by atoms with Gasteiger partial charge in [-0.3, -0.25) is 4.79 Å². The van der Waals surface area contributed by atoms with Crippen LogP contribution in [0.3, 0.4) is 0 Å². The van der Waals surface area contributed by atoms with Gasteiger partial charge in [0, 0.05) is 12.1 Å². The Balaban J connectivity index is 2.05. The zero-order valence-corrected chi connectivity index (χ0v) is 16.2. The van der Waals surface area contributed by atoms with E-state index in [1.165, 1.54) is 5.56 Å². The monoisotopic (exact) mass is 353 g/mol. The summed E-state index contributed by atoms with van der Waals surface area (Å²) in [5.74, 6) is 1.84. The molecule has 1 unspecified atom stereocenters. The van der Waals surface area contributed by atoms with Crippen molar-refractivity contribution in [1.82, 2.24) is 4.90 Å². The molecule has 1 atom stereocenters. The highest BCUT2D eigenvalue weighted by Gasteiger charge is 2.34. The molecule has 4 nitrogen and oxygen atoms in total. The van der Waals surface area contributed by atoms with E-state index in [1.807, 2.05) is 42.2 Å². The van der Waals surface area contributed by atoms with Gasteiger partial charge in [-0.2, -0.15) is 0 Å². The fourth-order valence-corrected chi connectivity index (χ4v) is 3.89. The molecule has 4 heteroatoms. The van der Waals surface area contributed by atoms with E-state index < -0.39 is 0 Å². The quantitative estimate of drug-likeness (QED) is 0.817. The number of amides is 1. The van der Waals surface area contributed by atoms with Crippen LogP contribution in [0.25, 0.3) is 0 Å². The molecule has 0 aliphatic carbocycles. The van der Waals surface area contributed by atoms with Gasteiger partial charge >= 0.3 is 0 Å². The molecule has 0 saturated heterocycles. The van der Waals surface area contributed by atoms with Crippen LogP contribution in [0.4, 0.5) is 0 Å². The van der Waals surface area contributed by atoms with Crippen molar-refractivity contribution >= 4 is 5.91 Å². The standard InChI is InChI=1S/C22H27NO3/c1-14(2)21-18-13-20(26-5)19(25-4)12-16(18)10-11-23(21)22(24)17-9-7-6-8-15(17)3/h6-9,12-14,21H,10-11H2,1-5H3. The molecule has 138 valence electrons. The van der Waals surface area contributed by atoms with Crippen molar-refractivity contribution in [1.29, 1.82) is 0 Å². The molecule has 1 amide bonds. The Kier molecular flexibility index (Phi) is 5.21. The van der Waals surface area contributed by atoms with Crippen LogP contribution in [-0.2, 0) is 6.42 Å². The van der Waals surface area contributed by atoms with Crippen molar-refractivity contribution in [2.24, 2.45) is 5.92 Å². The van der Waals surface area contributed by atoms with Crippen molar-refractivity contribution in [3.63, 3.8) is 0 Å². The molecule has 0 aromatic heterocycles. The largest absolute Gasteiger partial charge is 0.493 e. The van der Waals surface area contributed by atoms with Crippen molar-refractivity contribution in [3.8, 4) is 11.5 Å². The smallest absolute Gasteiger partial charge is 0.254 e. The molecule has 1 heterocycles. The number of methoxy groups -OCH3 is 2. The summed E-state index contributed by atoms with van der Waals surface area (Å²) >= 11 is 0. The van der Waals surface area contributed by atoms with Crippen LogP contribution >= 0.6 is 0 Å². The molecule has 2 aromatic rings. The fraction of sp³-hybridized carbons (Fsp3) is 0.409. The molecule has 0 saturated carbocycles. The van der Waals surface area contributed by atoms with Crippen molar-refractivity contribution in [2.45, 2.75) is 33.2 Å². The first-order valence-electron chi connectivity index (χ1n) is 9.09. The van der Waals surface area contributed by atoms with E-state index in [0.717, 1.165) is 28.9 Å². The van der Waals surface area contributed by atoms with E-state index in [1.54, 1.807) is 14.2 Å². The van der Waals surface area contributed by atoms with E-state index in [2.05, 4.69) is 19.9 Å². The number of hydrogen-bond donors (Lipinski definition) is 0. The summed E-state index contributed by atoms with van der Waals surface area (Å²) in [6, 6.07) is 11.9. The number of fused-ring (bicyclic) bond motifs is 1. The van der Waals surface area contributed by atoms with Crippen LogP contribution in [0.1, 0.15) is 46.9 Å². The third-order valence-corrected chi connectivity index (χ3v) is 5.19. The normalized spacial score (nSPS) is 16.4. The zero-order valence-electron chi connectivity index (χ0n) is 16.2. The molecular formula is C22H27NO3. The number of carbonyl (C=O) groups excluding carboxylic acids is 1. The van der Waals surface area contributed by atoms with E-state index >= 15 is 0 Å². The van der Waals surface area contributed by atoms with E-state index in [4.69, 9.17) is 9.47 Å². The Morgan fingerprint density at radius 1 is 1.12 bits per heavy atom. The minimum absolute atomic E-state index is 0.0191. The number of aryl methyl sites for hydroxylation is 1. The van der Waals surface area contributed by atoms with Crippen LogP contribution in [0.2, 0.25) is 0 Å². The van der Waals surface area contributed by atoms with E-state index in [9.17, 15) is 4.79 Å². The Bertz CT molecular complexity index is 813. The lowest BCUT2D eigenvalue weighted by molar-refractivity contribution is 0.0602. The van der Waals surface area contributed by atoms with Gasteiger partial charge in [-0.1, -0.05) is 32.0 Å². The van der Waals surface area contributed by atoms with Gasteiger partial charge in [0.2, 0.25) is 0 Å². The number of carbonyl (C=O) groups is 1. The molecule has 0 spiro atoms. The first-order valence-corrected chi connectivity index (χ1v) is 9.09. The highest BCUT2D eigenvalue weighted by atomic mass is 16.5. The number of benzene rings is 2. The molecule has 0 N–H and O–H groups in total. The Morgan fingerprint density at radius 3 is 2.38 bits per heavy atom. The first-order chi connectivity index (χ1) is 12.5. The van der Waals surface area contributed by atoms with Crippen molar-refractivity contribution in [2.75, 3.05) is 20.8 Å². The van der Waals surface area contributed by atoms with Crippen LogP contribution in [-0.4, -0.2) is 31.6 Å². The molecule has 0 fully saturated rings. The maximum atomic E-state index is 13.3. The predicted molar refractivity (Wildman–Crippen MR) is 103 cm³/mol. The molecule has 1 aliphatic heterocycles. The van der Waals surface area contributed by atoms with Crippen molar-refractivity contribution < 1.29 is 14.3 Å². The van der Waals surface area contributed by atoms with Gasteiger partial charge in [0.15, 0.2) is 11.5 Å². The Hall–Kier alpha value is -2.49. The summed E-state index contributed by atoms with van der Waals surface area (Å²) in [6.07, 6.45) is 0.816. The maximum Gasteiger partial charge on any atom is 0.254 e. The third-order valence-electron chi connectivity index (χ3n) is 5.19. The summed E-state index contributed by atoms with van der Waals surface area (Å²) in [5, 5.41) is 0. The Morgan fingerprint density at radius 2 is 1.77 bits per heavy atom.